The molecule has 0 spiro atoms. The zero-order valence-electron chi connectivity index (χ0n) is 9.67. The Morgan fingerprint density at radius 1 is 1.50 bits per heavy atom. The molecule has 0 saturated heterocycles. The predicted molar refractivity (Wildman–Crippen MR) is 67.2 cm³/mol. The third-order valence-electron chi connectivity index (χ3n) is 3.04. The van der Waals surface area contributed by atoms with Gasteiger partial charge in [0, 0.05) is 12.2 Å². The van der Waals surface area contributed by atoms with Crippen molar-refractivity contribution < 1.29 is 14.3 Å². The van der Waals surface area contributed by atoms with Crippen molar-refractivity contribution in [1.82, 2.24) is 5.32 Å². The van der Waals surface area contributed by atoms with E-state index >= 15 is 0 Å². The van der Waals surface area contributed by atoms with Crippen LogP contribution in [0.5, 0.6) is 0 Å². The highest BCUT2D eigenvalue weighted by Gasteiger charge is 2.34. The summed E-state index contributed by atoms with van der Waals surface area (Å²) in [6, 6.07) is 3.53. The normalized spacial score (nSPS) is 16.8. The Kier molecular flexibility index (Phi) is 3.73. The fraction of sp³-hybridized carbons (Fsp3) is 0.417. The lowest BCUT2D eigenvalue weighted by Crippen LogP contribution is -2.48. The second kappa shape index (κ2) is 5.12. The molecule has 0 unspecified atom stereocenters. The average Bonchev–Trinajstić information content (AvgIpc) is 2.29. The standard InChI is InChI=1S/C12H14ClFN2O2/c13-9-3-2-8(6-10(9)14)16-11(17)15-7-12(18)4-1-5-12/h2-3,6,18H,1,4-5,7H2,(H2,15,16,17). The van der Waals surface area contributed by atoms with Crippen LogP contribution in [0.1, 0.15) is 19.3 Å². The fourth-order valence-electron chi connectivity index (χ4n) is 1.76. The van der Waals surface area contributed by atoms with Crippen molar-refractivity contribution in [2.75, 3.05) is 11.9 Å². The van der Waals surface area contributed by atoms with Gasteiger partial charge in [0.05, 0.1) is 10.6 Å². The molecule has 1 aromatic carbocycles. The number of hydrogen-bond donors (Lipinski definition) is 3. The highest BCUT2D eigenvalue weighted by atomic mass is 35.5. The van der Waals surface area contributed by atoms with Gasteiger partial charge in [-0.2, -0.15) is 0 Å². The van der Waals surface area contributed by atoms with Crippen LogP contribution in [-0.2, 0) is 0 Å². The van der Waals surface area contributed by atoms with Gasteiger partial charge in [0.1, 0.15) is 5.82 Å². The van der Waals surface area contributed by atoms with Gasteiger partial charge in [-0.15, -0.1) is 0 Å². The number of urea groups is 1. The molecule has 0 aromatic heterocycles. The summed E-state index contributed by atoms with van der Waals surface area (Å²) in [6.45, 7) is 0.203. The molecule has 18 heavy (non-hydrogen) atoms. The number of benzene rings is 1. The zero-order chi connectivity index (χ0) is 13.2. The monoisotopic (exact) mass is 272 g/mol. The number of halogens is 2. The largest absolute Gasteiger partial charge is 0.388 e. The smallest absolute Gasteiger partial charge is 0.319 e. The molecular formula is C12H14ClFN2O2. The Morgan fingerprint density at radius 3 is 2.78 bits per heavy atom. The Bertz CT molecular complexity index is 463. The van der Waals surface area contributed by atoms with Crippen LogP contribution < -0.4 is 10.6 Å². The Balaban J connectivity index is 1.85. The highest BCUT2D eigenvalue weighted by Crippen LogP contribution is 2.30. The lowest BCUT2D eigenvalue weighted by molar-refractivity contribution is -0.0287. The third kappa shape index (κ3) is 3.11. The van der Waals surface area contributed by atoms with Crippen LogP contribution >= 0.6 is 11.6 Å². The van der Waals surface area contributed by atoms with Crippen LogP contribution in [0, 0.1) is 5.82 Å². The van der Waals surface area contributed by atoms with Gasteiger partial charge >= 0.3 is 6.03 Å². The third-order valence-corrected chi connectivity index (χ3v) is 3.35. The molecule has 1 fully saturated rings. The van der Waals surface area contributed by atoms with Gasteiger partial charge in [-0.25, -0.2) is 9.18 Å². The molecule has 0 atom stereocenters. The topological polar surface area (TPSA) is 61.4 Å². The van der Waals surface area contributed by atoms with Crippen molar-refractivity contribution in [2.24, 2.45) is 0 Å². The SMILES string of the molecule is O=C(NCC1(O)CCC1)Nc1ccc(Cl)c(F)c1. The van der Waals surface area contributed by atoms with E-state index in [2.05, 4.69) is 10.6 Å². The molecule has 4 nitrogen and oxygen atoms in total. The van der Waals surface area contributed by atoms with E-state index in [-0.39, 0.29) is 11.6 Å². The van der Waals surface area contributed by atoms with E-state index in [9.17, 15) is 14.3 Å². The molecule has 0 heterocycles. The molecule has 0 radical (unpaired) electrons. The van der Waals surface area contributed by atoms with Crippen LogP contribution in [0.15, 0.2) is 18.2 Å². The summed E-state index contributed by atoms with van der Waals surface area (Å²) in [5.74, 6) is -0.591. The van der Waals surface area contributed by atoms with Gasteiger partial charge in [-0.3, -0.25) is 0 Å². The fourth-order valence-corrected chi connectivity index (χ4v) is 1.87. The van der Waals surface area contributed by atoms with Gasteiger partial charge in [-0.1, -0.05) is 11.6 Å². The van der Waals surface area contributed by atoms with Gasteiger partial charge in [0.2, 0.25) is 0 Å². The van der Waals surface area contributed by atoms with Crippen molar-refractivity contribution in [2.45, 2.75) is 24.9 Å². The molecule has 98 valence electrons. The molecule has 2 amide bonds. The molecule has 1 aliphatic rings. The summed E-state index contributed by atoms with van der Waals surface area (Å²) in [5.41, 5.74) is -0.460. The Labute approximate surface area is 109 Å². The second-order valence-electron chi connectivity index (χ2n) is 4.51. The van der Waals surface area contributed by atoms with E-state index in [0.29, 0.717) is 18.5 Å². The molecule has 0 bridgehead atoms. The minimum atomic E-state index is -0.775. The molecule has 0 aliphatic heterocycles. The number of aliphatic hydroxyl groups is 1. The first-order chi connectivity index (χ1) is 8.48. The summed E-state index contributed by atoms with van der Waals surface area (Å²) >= 11 is 5.53. The van der Waals surface area contributed by atoms with Gasteiger partial charge < -0.3 is 15.7 Å². The van der Waals surface area contributed by atoms with Crippen LogP contribution in [0.3, 0.4) is 0 Å². The molecular weight excluding hydrogens is 259 g/mol. The van der Waals surface area contributed by atoms with E-state index in [1.165, 1.54) is 12.1 Å². The number of carbonyl (C=O) groups is 1. The summed E-state index contributed by atoms with van der Waals surface area (Å²) in [4.78, 5) is 11.5. The predicted octanol–water partition coefficient (Wildman–Crippen LogP) is 2.52. The van der Waals surface area contributed by atoms with Crippen LogP contribution in [-0.4, -0.2) is 23.3 Å². The van der Waals surface area contributed by atoms with Crippen molar-refractivity contribution in [3.8, 4) is 0 Å². The first-order valence-electron chi connectivity index (χ1n) is 5.71. The molecule has 6 heteroatoms. The minimum Gasteiger partial charge on any atom is -0.388 e. The number of rotatable bonds is 3. The van der Waals surface area contributed by atoms with Gasteiger partial charge in [0.25, 0.3) is 0 Å². The molecule has 2 rings (SSSR count). The van der Waals surface area contributed by atoms with Crippen molar-refractivity contribution in [1.29, 1.82) is 0 Å². The van der Waals surface area contributed by atoms with Crippen LogP contribution in [0.25, 0.3) is 0 Å². The number of carbonyl (C=O) groups excluding carboxylic acids is 1. The first kappa shape index (κ1) is 13.1. The number of nitrogens with one attached hydrogen (secondary N) is 2. The first-order valence-corrected chi connectivity index (χ1v) is 6.09. The van der Waals surface area contributed by atoms with Gasteiger partial charge in [0.15, 0.2) is 0 Å². The average molecular weight is 273 g/mol. The van der Waals surface area contributed by atoms with E-state index in [4.69, 9.17) is 11.6 Å². The van der Waals surface area contributed by atoms with E-state index in [1.807, 2.05) is 0 Å². The quantitative estimate of drug-likeness (QED) is 0.792. The van der Waals surface area contributed by atoms with E-state index in [1.54, 1.807) is 0 Å². The highest BCUT2D eigenvalue weighted by molar-refractivity contribution is 6.30. The van der Waals surface area contributed by atoms with Crippen molar-refractivity contribution in [3.63, 3.8) is 0 Å². The Morgan fingerprint density at radius 2 is 2.22 bits per heavy atom. The number of hydrogen-bond acceptors (Lipinski definition) is 2. The number of amides is 2. The maximum atomic E-state index is 13.1. The summed E-state index contributed by atoms with van der Waals surface area (Å²) in [7, 11) is 0. The summed E-state index contributed by atoms with van der Waals surface area (Å²) in [6.07, 6.45) is 2.37. The maximum absolute atomic E-state index is 13.1. The van der Waals surface area contributed by atoms with E-state index < -0.39 is 17.4 Å². The lowest BCUT2D eigenvalue weighted by atomic mass is 9.80. The van der Waals surface area contributed by atoms with Gasteiger partial charge in [-0.05, 0) is 37.5 Å². The summed E-state index contributed by atoms with van der Waals surface area (Å²) in [5, 5.41) is 14.8. The van der Waals surface area contributed by atoms with Crippen LogP contribution in [0.2, 0.25) is 5.02 Å². The molecule has 1 saturated carbocycles. The minimum absolute atomic E-state index is 0.00439. The Hall–Kier alpha value is -1.33. The second-order valence-corrected chi connectivity index (χ2v) is 4.92. The van der Waals surface area contributed by atoms with Crippen molar-refractivity contribution >= 4 is 23.3 Å². The van der Waals surface area contributed by atoms with Crippen molar-refractivity contribution in [3.05, 3.63) is 29.0 Å². The lowest BCUT2D eigenvalue weighted by Gasteiger charge is -2.36. The summed E-state index contributed by atoms with van der Waals surface area (Å²) < 4.78 is 13.1. The maximum Gasteiger partial charge on any atom is 0.319 e. The number of anilines is 1. The van der Waals surface area contributed by atoms with E-state index in [0.717, 1.165) is 12.5 Å². The zero-order valence-corrected chi connectivity index (χ0v) is 10.4. The molecule has 3 N–H and O–H groups in total. The van der Waals surface area contributed by atoms with Crippen LogP contribution in [0.4, 0.5) is 14.9 Å². The molecule has 1 aliphatic carbocycles. The molecule has 1 aromatic rings.